The Labute approximate surface area is 127 Å². The van der Waals surface area contributed by atoms with Gasteiger partial charge in [0.1, 0.15) is 11.0 Å². The maximum absolute atomic E-state index is 11.9. The van der Waals surface area contributed by atoms with E-state index in [0.717, 1.165) is 18.0 Å². The Morgan fingerprint density at radius 2 is 2.38 bits per heavy atom. The van der Waals surface area contributed by atoms with Crippen molar-refractivity contribution in [3.05, 3.63) is 52.6 Å². The van der Waals surface area contributed by atoms with E-state index >= 15 is 0 Å². The molecule has 0 bridgehead atoms. The molecule has 3 rings (SSSR count). The molecule has 1 aromatic heterocycles. The van der Waals surface area contributed by atoms with Crippen LogP contribution in [0.25, 0.3) is 0 Å². The second-order valence-corrected chi connectivity index (χ2v) is 6.03. The summed E-state index contributed by atoms with van der Waals surface area (Å²) in [6.45, 7) is 2.80. The largest absolute Gasteiger partial charge is 0.299 e. The number of hydrogen-bond donors (Lipinski definition) is 2. The van der Waals surface area contributed by atoms with Crippen LogP contribution in [-0.4, -0.2) is 28.7 Å². The summed E-state index contributed by atoms with van der Waals surface area (Å²) in [5.41, 5.74) is 2.43. The predicted octanol–water partition coefficient (Wildman–Crippen LogP) is 1.90. The summed E-state index contributed by atoms with van der Waals surface area (Å²) in [7, 11) is 0. The standard InChI is InChI=1S/C15H16N4OS/c1-10-4-2-5-11(8-10)9-13-18-19-15(21-13)17-14(20)12-6-3-7-16-12/h2-6,8,12,16H,7,9H2,1H3,(H,17,19,20). The molecule has 1 aliphatic rings. The van der Waals surface area contributed by atoms with Gasteiger partial charge in [-0.2, -0.15) is 0 Å². The molecule has 21 heavy (non-hydrogen) atoms. The average molecular weight is 300 g/mol. The van der Waals surface area contributed by atoms with Crippen LogP contribution in [0, 0.1) is 6.92 Å². The van der Waals surface area contributed by atoms with Crippen LogP contribution in [0.2, 0.25) is 0 Å². The molecule has 2 N–H and O–H groups in total. The van der Waals surface area contributed by atoms with Crippen molar-refractivity contribution in [1.82, 2.24) is 15.5 Å². The van der Waals surface area contributed by atoms with Gasteiger partial charge in [-0.15, -0.1) is 10.2 Å². The number of carbonyl (C=O) groups is 1. The SMILES string of the molecule is Cc1cccc(Cc2nnc(NC(=O)C3C=CCN3)s2)c1. The van der Waals surface area contributed by atoms with Crippen molar-refractivity contribution in [2.24, 2.45) is 0 Å². The molecule has 6 heteroatoms. The van der Waals surface area contributed by atoms with Crippen LogP contribution in [0.4, 0.5) is 5.13 Å². The monoisotopic (exact) mass is 300 g/mol. The molecule has 0 saturated carbocycles. The van der Waals surface area contributed by atoms with E-state index in [9.17, 15) is 4.79 Å². The summed E-state index contributed by atoms with van der Waals surface area (Å²) in [5, 5.41) is 15.5. The lowest BCUT2D eigenvalue weighted by Crippen LogP contribution is -2.35. The van der Waals surface area contributed by atoms with Gasteiger partial charge in [-0.05, 0) is 12.5 Å². The number of nitrogens with one attached hydrogen (secondary N) is 2. The summed E-state index contributed by atoms with van der Waals surface area (Å²) in [6.07, 6.45) is 4.52. The van der Waals surface area contributed by atoms with Crippen molar-refractivity contribution < 1.29 is 4.79 Å². The van der Waals surface area contributed by atoms with Gasteiger partial charge in [-0.3, -0.25) is 15.4 Å². The number of carbonyl (C=O) groups excluding carboxylic acids is 1. The van der Waals surface area contributed by atoms with Crippen LogP contribution < -0.4 is 10.6 Å². The van der Waals surface area contributed by atoms with Crippen LogP contribution in [0.1, 0.15) is 16.1 Å². The average Bonchev–Trinajstić information content (AvgIpc) is 3.10. The smallest absolute Gasteiger partial charge is 0.247 e. The lowest BCUT2D eigenvalue weighted by atomic mass is 10.1. The van der Waals surface area contributed by atoms with Crippen molar-refractivity contribution in [2.75, 3.05) is 11.9 Å². The minimum atomic E-state index is -0.269. The molecule has 2 heterocycles. The fourth-order valence-electron chi connectivity index (χ4n) is 2.20. The molecule has 1 aliphatic heterocycles. The van der Waals surface area contributed by atoms with Gasteiger partial charge in [0.05, 0.1) is 0 Å². The molecule has 0 spiro atoms. The predicted molar refractivity (Wildman–Crippen MR) is 83.5 cm³/mol. The normalized spacial score (nSPS) is 17.1. The van der Waals surface area contributed by atoms with Crippen LogP contribution in [-0.2, 0) is 11.2 Å². The lowest BCUT2D eigenvalue weighted by molar-refractivity contribution is -0.116. The third-order valence-corrected chi connectivity index (χ3v) is 4.04. The van der Waals surface area contributed by atoms with E-state index in [-0.39, 0.29) is 11.9 Å². The van der Waals surface area contributed by atoms with Gasteiger partial charge in [-0.1, -0.05) is 53.3 Å². The van der Waals surface area contributed by atoms with Crippen molar-refractivity contribution in [3.63, 3.8) is 0 Å². The number of amides is 1. The number of hydrogen-bond acceptors (Lipinski definition) is 5. The third kappa shape index (κ3) is 3.53. The zero-order valence-electron chi connectivity index (χ0n) is 11.7. The Bertz CT molecular complexity index is 680. The molecule has 1 amide bonds. The molecular formula is C15H16N4OS. The lowest BCUT2D eigenvalue weighted by Gasteiger charge is -2.06. The molecule has 0 aliphatic carbocycles. The first kappa shape index (κ1) is 13.9. The molecule has 108 valence electrons. The molecule has 0 saturated heterocycles. The van der Waals surface area contributed by atoms with Crippen molar-refractivity contribution in [1.29, 1.82) is 0 Å². The number of benzene rings is 1. The van der Waals surface area contributed by atoms with E-state index in [0.29, 0.717) is 5.13 Å². The van der Waals surface area contributed by atoms with E-state index in [2.05, 4.69) is 46.0 Å². The summed E-state index contributed by atoms with van der Waals surface area (Å²) in [6, 6.07) is 8.03. The van der Waals surface area contributed by atoms with Gasteiger partial charge in [0, 0.05) is 13.0 Å². The summed E-state index contributed by atoms with van der Waals surface area (Å²) >= 11 is 1.41. The highest BCUT2D eigenvalue weighted by molar-refractivity contribution is 7.15. The molecule has 0 fully saturated rings. The number of anilines is 1. The first-order valence-corrected chi connectivity index (χ1v) is 7.61. The van der Waals surface area contributed by atoms with Gasteiger partial charge in [0.2, 0.25) is 11.0 Å². The number of rotatable bonds is 4. The Hall–Kier alpha value is -2.05. The summed E-state index contributed by atoms with van der Waals surface area (Å²) < 4.78 is 0. The Morgan fingerprint density at radius 3 is 3.14 bits per heavy atom. The molecule has 1 aromatic carbocycles. The molecule has 1 atom stereocenters. The van der Waals surface area contributed by atoms with Gasteiger partial charge >= 0.3 is 0 Å². The van der Waals surface area contributed by atoms with Gasteiger partial charge < -0.3 is 0 Å². The highest BCUT2D eigenvalue weighted by Gasteiger charge is 2.18. The number of aromatic nitrogens is 2. The minimum Gasteiger partial charge on any atom is -0.299 e. The molecular weight excluding hydrogens is 284 g/mol. The van der Waals surface area contributed by atoms with E-state index in [1.54, 1.807) is 0 Å². The van der Waals surface area contributed by atoms with Gasteiger partial charge in [0.15, 0.2) is 0 Å². The van der Waals surface area contributed by atoms with Crippen LogP contribution in [0.15, 0.2) is 36.4 Å². The Morgan fingerprint density at radius 1 is 1.48 bits per heavy atom. The first-order chi connectivity index (χ1) is 10.2. The maximum Gasteiger partial charge on any atom is 0.247 e. The molecule has 5 nitrogen and oxygen atoms in total. The minimum absolute atomic E-state index is 0.0954. The van der Waals surface area contributed by atoms with Crippen LogP contribution >= 0.6 is 11.3 Å². The quantitative estimate of drug-likeness (QED) is 0.846. The second-order valence-electron chi connectivity index (χ2n) is 4.97. The molecule has 2 aromatic rings. The highest BCUT2D eigenvalue weighted by Crippen LogP contribution is 2.19. The van der Waals surface area contributed by atoms with Crippen LogP contribution in [0.3, 0.4) is 0 Å². The highest BCUT2D eigenvalue weighted by atomic mass is 32.1. The third-order valence-electron chi connectivity index (χ3n) is 3.20. The number of aryl methyl sites for hydroxylation is 1. The van der Waals surface area contributed by atoms with Gasteiger partial charge in [-0.25, -0.2) is 0 Å². The zero-order chi connectivity index (χ0) is 14.7. The van der Waals surface area contributed by atoms with Crippen molar-refractivity contribution in [3.8, 4) is 0 Å². The van der Waals surface area contributed by atoms with E-state index in [4.69, 9.17) is 0 Å². The van der Waals surface area contributed by atoms with Crippen molar-refractivity contribution >= 4 is 22.4 Å². The fraction of sp³-hybridized carbons (Fsp3) is 0.267. The zero-order valence-corrected chi connectivity index (χ0v) is 12.5. The fourth-order valence-corrected chi connectivity index (χ4v) is 2.98. The maximum atomic E-state index is 11.9. The molecule has 0 radical (unpaired) electrons. The van der Waals surface area contributed by atoms with Crippen LogP contribution in [0.5, 0.6) is 0 Å². The van der Waals surface area contributed by atoms with E-state index < -0.39 is 0 Å². The Balaban J connectivity index is 1.63. The summed E-state index contributed by atoms with van der Waals surface area (Å²) in [4.78, 5) is 11.9. The topological polar surface area (TPSA) is 66.9 Å². The van der Waals surface area contributed by atoms with Crippen molar-refractivity contribution in [2.45, 2.75) is 19.4 Å². The number of nitrogens with zero attached hydrogens (tertiary/aromatic N) is 2. The summed E-state index contributed by atoms with van der Waals surface area (Å²) in [5.74, 6) is -0.0954. The van der Waals surface area contributed by atoms with E-state index in [1.807, 2.05) is 18.2 Å². The van der Waals surface area contributed by atoms with Gasteiger partial charge in [0.25, 0.3) is 0 Å². The molecule has 1 unspecified atom stereocenters. The first-order valence-electron chi connectivity index (χ1n) is 6.79. The second kappa shape index (κ2) is 6.15. The Kier molecular flexibility index (Phi) is 4.08. The van der Waals surface area contributed by atoms with E-state index in [1.165, 1.54) is 22.5 Å².